The van der Waals surface area contributed by atoms with Crippen LogP contribution in [0.2, 0.25) is 0 Å². The topological polar surface area (TPSA) is 48.9 Å². The van der Waals surface area contributed by atoms with Gasteiger partial charge in [0, 0.05) is 50.7 Å². The van der Waals surface area contributed by atoms with Gasteiger partial charge in [0.15, 0.2) is 0 Å². The molecule has 2 aliphatic rings. The zero-order valence-corrected chi connectivity index (χ0v) is 18.0. The highest BCUT2D eigenvalue weighted by Crippen LogP contribution is 2.31. The number of aromatic nitrogens is 1. The van der Waals surface area contributed by atoms with Crippen LogP contribution in [0.3, 0.4) is 0 Å². The van der Waals surface area contributed by atoms with Gasteiger partial charge in [0.05, 0.1) is 18.4 Å². The number of hydrogen-bond donors (Lipinski definition) is 0. The van der Waals surface area contributed by atoms with Crippen LogP contribution < -0.4 is 19.4 Å². The molecule has 32 heavy (non-hydrogen) atoms. The van der Waals surface area contributed by atoms with E-state index in [1.165, 1.54) is 17.7 Å². The lowest BCUT2D eigenvalue weighted by Gasteiger charge is -2.37. The summed E-state index contributed by atoms with van der Waals surface area (Å²) in [4.78, 5) is 23.8. The Morgan fingerprint density at radius 2 is 1.72 bits per heavy atom. The number of amides is 1. The summed E-state index contributed by atoms with van der Waals surface area (Å²) >= 11 is 0. The van der Waals surface area contributed by atoms with Crippen molar-refractivity contribution in [3.05, 3.63) is 77.7 Å². The highest BCUT2D eigenvalue weighted by molar-refractivity contribution is 6.07. The smallest absolute Gasteiger partial charge is 0.259 e. The maximum atomic E-state index is 13.5. The summed E-state index contributed by atoms with van der Waals surface area (Å²) in [5, 5.41) is 0. The molecule has 7 heteroatoms. The molecule has 0 unspecified atom stereocenters. The minimum Gasteiger partial charge on any atom is -0.494 e. The second-order valence-electron chi connectivity index (χ2n) is 8.03. The number of nitrogens with zero attached hydrogens (tertiary/aromatic N) is 4. The van der Waals surface area contributed by atoms with Crippen molar-refractivity contribution in [1.29, 1.82) is 0 Å². The Morgan fingerprint density at radius 1 is 0.938 bits per heavy atom. The fourth-order valence-electron chi connectivity index (χ4n) is 4.49. The van der Waals surface area contributed by atoms with Gasteiger partial charge >= 0.3 is 0 Å². The Balaban J connectivity index is 1.25. The summed E-state index contributed by atoms with van der Waals surface area (Å²) < 4.78 is 18.9. The van der Waals surface area contributed by atoms with E-state index in [0.717, 1.165) is 49.8 Å². The summed E-state index contributed by atoms with van der Waals surface area (Å²) in [6.45, 7) is 3.80. The molecular formula is C25H25FN4O2. The van der Waals surface area contributed by atoms with Gasteiger partial charge in [-0.25, -0.2) is 9.37 Å². The zero-order chi connectivity index (χ0) is 22.1. The number of carbonyl (C=O) groups excluding carboxylic acids is 1. The van der Waals surface area contributed by atoms with Gasteiger partial charge in [0.2, 0.25) is 0 Å². The third-order valence-electron chi connectivity index (χ3n) is 6.21. The van der Waals surface area contributed by atoms with Crippen LogP contribution in [-0.4, -0.2) is 50.7 Å². The molecule has 5 rings (SSSR count). The molecule has 3 heterocycles. The number of rotatable bonds is 4. The molecule has 2 aromatic carbocycles. The number of carbonyl (C=O) groups is 1. The van der Waals surface area contributed by atoms with Crippen LogP contribution in [0, 0.1) is 5.82 Å². The maximum Gasteiger partial charge on any atom is 0.259 e. The molecule has 3 aromatic rings. The van der Waals surface area contributed by atoms with E-state index < -0.39 is 0 Å². The van der Waals surface area contributed by atoms with Crippen molar-refractivity contribution in [2.75, 3.05) is 54.5 Å². The fourth-order valence-corrected chi connectivity index (χ4v) is 4.49. The Labute approximate surface area is 186 Å². The van der Waals surface area contributed by atoms with Gasteiger partial charge in [-0.2, -0.15) is 0 Å². The predicted octanol–water partition coefficient (Wildman–Crippen LogP) is 3.76. The van der Waals surface area contributed by atoms with Gasteiger partial charge in [-0.1, -0.05) is 18.2 Å². The Morgan fingerprint density at radius 3 is 2.47 bits per heavy atom. The maximum absolute atomic E-state index is 13.5. The third-order valence-corrected chi connectivity index (χ3v) is 6.21. The number of halogens is 1. The summed E-state index contributed by atoms with van der Waals surface area (Å²) in [6.07, 6.45) is 2.56. The van der Waals surface area contributed by atoms with Crippen LogP contribution in [0.15, 0.2) is 60.8 Å². The van der Waals surface area contributed by atoms with E-state index in [-0.39, 0.29) is 11.7 Å². The Hall–Kier alpha value is -3.61. The molecule has 2 aliphatic heterocycles. The van der Waals surface area contributed by atoms with E-state index in [1.807, 2.05) is 35.2 Å². The monoisotopic (exact) mass is 432 g/mol. The Bertz CT molecular complexity index is 1130. The second-order valence-corrected chi connectivity index (χ2v) is 8.03. The molecule has 0 bridgehead atoms. The molecule has 1 aromatic heterocycles. The summed E-state index contributed by atoms with van der Waals surface area (Å²) in [5.74, 6) is 1.08. The van der Waals surface area contributed by atoms with Crippen molar-refractivity contribution < 1.29 is 13.9 Å². The predicted molar refractivity (Wildman–Crippen MR) is 123 cm³/mol. The first-order valence-electron chi connectivity index (χ1n) is 10.8. The molecule has 0 N–H and O–H groups in total. The van der Waals surface area contributed by atoms with Crippen molar-refractivity contribution in [1.82, 2.24) is 4.98 Å². The lowest BCUT2D eigenvalue weighted by molar-refractivity contribution is 0.0989. The van der Waals surface area contributed by atoms with E-state index >= 15 is 0 Å². The average Bonchev–Trinajstić information content (AvgIpc) is 3.28. The number of fused-ring (bicyclic) bond motifs is 1. The average molecular weight is 432 g/mol. The molecule has 164 valence electrons. The Kier molecular flexibility index (Phi) is 5.39. The number of methoxy groups -OCH3 is 1. The third kappa shape index (κ3) is 3.75. The van der Waals surface area contributed by atoms with E-state index in [1.54, 1.807) is 19.4 Å². The quantitative estimate of drug-likeness (QED) is 0.628. The molecule has 0 radical (unpaired) electrons. The molecule has 1 amide bonds. The van der Waals surface area contributed by atoms with Crippen molar-refractivity contribution in [2.45, 2.75) is 6.42 Å². The van der Waals surface area contributed by atoms with Crippen LogP contribution in [0.5, 0.6) is 5.75 Å². The lowest BCUT2D eigenvalue weighted by atomic mass is 10.2. The van der Waals surface area contributed by atoms with E-state index in [9.17, 15) is 9.18 Å². The molecule has 0 spiro atoms. The number of piperazine rings is 1. The van der Waals surface area contributed by atoms with Gasteiger partial charge in [-0.3, -0.25) is 4.79 Å². The minimum atomic E-state index is -0.305. The number of benzene rings is 2. The minimum absolute atomic E-state index is 0.0118. The number of anilines is 3. The van der Waals surface area contributed by atoms with Gasteiger partial charge < -0.3 is 19.4 Å². The summed E-state index contributed by atoms with van der Waals surface area (Å²) in [7, 11) is 1.56. The number of hydrogen-bond acceptors (Lipinski definition) is 5. The first-order chi connectivity index (χ1) is 15.6. The molecular weight excluding hydrogens is 407 g/mol. The van der Waals surface area contributed by atoms with Crippen molar-refractivity contribution in [3.8, 4) is 5.75 Å². The molecule has 1 saturated heterocycles. The SMILES string of the molecule is COc1cc(F)ccc1N1CCN(c2ccc(C(=O)N3CCc4ccccc43)cn2)CC1. The molecule has 0 atom stereocenters. The second kappa shape index (κ2) is 8.49. The summed E-state index contributed by atoms with van der Waals surface area (Å²) in [6, 6.07) is 16.5. The van der Waals surface area contributed by atoms with Gasteiger partial charge in [-0.05, 0) is 42.3 Å². The van der Waals surface area contributed by atoms with Crippen LogP contribution in [0.25, 0.3) is 0 Å². The number of para-hydroxylation sites is 1. The molecule has 0 aliphatic carbocycles. The van der Waals surface area contributed by atoms with Crippen molar-refractivity contribution in [2.24, 2.45) is 0 Å². The van der Waals surface area contributed by atoms with Crippen LogP contribution >= 0.6 is 0 Å². The lowest BCUT2D eigenvalue weighted by Crippen LogP contribution is -2.47. The molecule has 6 nitrogen and oxygen atoms in total. The van der Waals surface area contributed by atoms with E-state index in [0.29, 0.717) is 17.9 Å². The summed E-state index contributed by atoms with van der Waals surface area (Å²) in [5.41, 5.74) is 3.70. The van der Waals surface area contributed by atoms with Gasteiger partial charge in [0.1, 0.15) is 17.4 Å². The van der Waals surface area contributed by atoms with Crippen LogP contribution in [0.1, 0.15) is 15.9 Å². The largest absolute Gasteiger partial charge is 0.494 e. The van der Waals surface area contributed by atoms with Crippen molar-refractivity contribution >= 4 is 23.1 Å². The number of pyridine rings is 1. The van der Waals surface area contributed by atoms with Gasteiger partial charge in [0.25, 0.3) is 5.91 Å². The molecule has 1 fully saturated rings. The van der Waals surface area contributed by atoms with E-state index in [2.05, 4.69) is 20.9 Å². The first-order valence-corrected chi connectivity index (χ1v) is 10.8. The van der Waals surface area contributed by atoms with Crippen LogP contribution in [0.4, 0.5) is 21.6 Å². The standard InChI is InChI=1S/C25H25FN4O2/c1-32-23-16-20(26)7-8-22(23)28-12-14-29(15-13-28)24-9-6-19(17-27-24)25(31)30-11-10-18-4-2-3-5-21(18)30/h2-9,16-17H,10-15H2,1H3. The van der Waals surface area contributed by atoms with Crippen LogP contribution in [-0.2, 0) is 6.42 Å². The highest BCUT2D eigenvalue weighted by atomic mass is 19.1. The highest BCUT2D eigenvalue weighted by Gasteiger charge is 2.26. The molecule has 0 saturated carbocycles. The van der Waals surface area contributed by atoms with Gasteiger partial charge in [-0.15, -0.1) is 0 Å². The number of ether oxygens (including phenoxy) is 1. The zero-order valence-electron chi connectivity index (χ0n) is 18.0. The fraction of sp³-hybridized carbons (Fsp3) is 0.280. The van der Waals surface area contributed by atoms with E-state index in [4.69, 9.17) is 4.74 Å². The first kappa shape index (κ1) is 20.3. The normalized spacial score (nSPS) is 15.6. The van der Waals surface area contributed by atoms with Crippen molar-refractivity contribution in [3.63, 3.8) is 0 Å².